The van der Waals surface area contributed by atoms with Crippen LogP contribution in [0, 0.1) is 22.0 Å². The van der Waals surface area contributed by atoms with Crippen molar-refractivity contribution >= 4 is 27.3 Å². The maximum Gasteiger partial charge on any atom is 0.271 e. The van der Waals surface area contributed by atoms with Crippen LogP contribution in [0.15, 0.2) is 18.2 Å². The van der Waals surface area contributed by atoms with Crippen molar-refractivity contribution in [2.24, 2.45) is 11.8 Å². The standard InChI is InChI=1S/C19H31N3O6S/c1-8-15(19(23)20-18(12(2)3)13(4)5)21(29(7,26)27)16-11-14(22(24)25)9-10-17(16)28-6/h9-13,15,18H,8H2,1-7H3,(H,20,23)/t15-/m0/s1. The molecule has 0 saturated heterocycles. The number of sulfonamides is 1. The first-order chi connectivity index (χ1) is 13.3. The summed E-state index contributed by atoms with van der Waals surface area (Å²) in [6, 6.07) is 2.42. The molecule has 1 rings (SSSR count). The van der Waals surface area contributed by atoms with Gasteiger partial charge in [0.25, 0.3) is 5.69 Å². The summed E-state index contributed by atoms with van der Waals surface area (Å²) >= 11 is 0. The summed E-state index contributed by atoms with van der Waals surface area (Å²) in [5.74, 6) is -0.0404. The van der Waals surface area contributed by atoms with Gasteiger partial charge >= 0.3 is 0 Å². The Kier molecular flexibility index (Phi) is 8.43. The van der Waals surface area contributed by atoms with Gasteiger partial charge in [-0.05, 0) is 24.3 Å². The zero-order valence-electron chi connectivity index (χ0n) is 18.0. The predicted molar refractivity (Wildman–Crippen MR) is 113 cm³/mol. The van der Waals surface area contributed by atoms with Gasteiger partial charge in [-0.25, -0.2) is 8.42 Å². The van der Waals surface area contributed by atoms with Gasteiger partial charge in [0.05, 0.1) is 18.3 Å². The number of anilines is 1. The molecule has 0 radical (unpaired) electrons. The lowest BCUT2D eigenvalue weighted by Gasteiger charge is -2.33. The molecule has 0 bridgehead atoms. The summed E-state index contributed by atoms with van der Waals surface area (Å²) in [6.45, 7) is 9.59. The van der Waals surface area contributed by atoms with E-state index < -0.39 is 26.9 Å². The normalized spacial score (nSPS) is 12.9. The number of rotatable bonds is 10. The lowest BCUT2D eigenvalue weighted by atomic mass is 9.93. The molecule has 0 saturated carbocycles. The molecule has 0 aliphatic carbocycles. The summed E-state index contributed by atoms with van der Waals surface area (Å²) in [5.41, 5.74) is -0.344. The number of carbonyl (C=O) groups excluding carboxylic acids is 1. The molecule has 0 unspecified atom stereocenters. The Morgan fingerprint density at radius 2 is 1.79 bits per heavy atom. The number of nitro groups is 1. The molecule has 29 heavy (non-hydrogen) atoms. The first-order valence-corrected chi connectivity index (χ1v) is 11.3. The van der Waals surface area contributed by atoms with Crippen LogP contribution in [0.3, 0.4) is 0 Å². The molecule has 164 valence electrons. The summed E-state index contributed by atoms with van der Waals surface area (Å²) in [4.78, 5) is 23.7. The molecular formula is C19H31N3O6S. The molecule has 0 fully saturated rings. The minimum absolute atomic E-state index is 0.0446. The third kappa shape index (κ3) is 6.06. The van der Waals surface area contributed by atoms with Crippen molar-refractivity contribution in [1.29, 1.82) is 0 Å². The highest BCUT2D eigenvalue weighted by Crippen LogP contribution is 2.35. The number of carbonyl (C=O) groups is 1. The van der Waals surface area contributed by atoms with Gasteiger partial charge in [0.2, 0.25) is 15.9 Å². The van der Waals surface area contributed by atoms with Crippen LogP contribution in [0.5, 0.6) is 5.75 Å². The Labute approximate surface area is 172 Å². The van der Waals surface area contributed by atoms with Crippen molar-refractivity contribution in [2.75, 3.05) is 17.7 Å². The summed E-state index contributed by atoms with van der Waals surface area (Å²) < 4.78 is 31.5. The van der Waals surface area contributed by atoms with Crippen LogP contribution in [-0.4, -0.2) is 44.7 Å². The molecule has 1 amide bonds. The highest BCUT2D eigenvalue weighted by atomic mass is 32.2. The molecular weight excluding hydrogens is 398 g/mol. The fourth-order valence-corrected chi connectivity index (χ4v) is 4.57. The number of nitrogens with zero attached hydrogens (tertiary/aromatic N) is 2. The molecule has 10 heteroatoms. The first kappa shape index (κ1) is 24.7. The summed E-state index contributed by atoms with van der Waals surface area (Å²) in [6.07, 6.45) is 1.14. The van der Waals surface area contributed by atoms with Crippen LogP contribution in [-0.2, 0) is 14.8 Å². The summed E-state index contributed by atoms with van der Waals surface area (Å²) in [7, 11) is -2.62. The second-order valence-electron chi connectivity index (χ2n) is 7.62. The minimum atomic E-state index is -3.96. The Morgan fingerprint density at radius 3 is 2.17 bits per heavy atom. The van der Waals surface area contributed by atoms with E-state index in [1.807, 2.05) is 27.7 Å². The maximum absolute atomic E-state index is 13.1. The monoisotopic (exact) mass is 429 g/mol. The Bertz CT molecular complexity index is 830. The molecule has 0 spiro atoms. The van der Waals surface area contributed by atoms with Crippen LogP contribution >= 0.6 is 0 Å². The van der Waals surface area contributed by atoms with Gasteiger partial charge in [-0.15, -0.1) is 0 Å². The minimum Gasteiger partial charge on any atom is -0.495 e. The third-order valence-electron chi connectivity index (χ3n) is 4.69. The van der Waals surface area contributed by atoms with E-state index in [4.69, 9.17) is 4.74 Å². The van der Waals surface area contributed by atoms with Crippen molar-refractivity contribution in [2.45, 2.75) is 53.1 Å². The number of hydrogen-bond acceptors (Lipinski definition) is 6. The van der Waals surface area contributed by atoms with Gasteiger partial charge in [-0.2, -0.15) is 0 Å². The Balaban J connectivity index is 3.53. The number of non-ortho nitro benzene ring substituents is 1. The van der Waals surface area contributed by atoms with E-state index >= 15 is 0 Å². The van der Waals surface area contributed by atoms with Crippen LogP contribution in [0.1, 0.15) is 41.0 Å². The predicted octanol–water partition coefficient (Wildman–Crippen LogP) is 2.94. The lowest BCUT2D eigenvalue weighted by molar-refractivity contribution is -0.384. The maximum atomic E-state index is 13.1. The molecule has 0 heterocycles. The van der Waals surface area contributed by atoms with Crippen molar-refractivity contribution in [3.05, 3.63) is 28.3 Å². The topological polar surface area (TPSA) is 119 Å². The molecule has 0 aliphatic heterocycles. The van der Waals surface area contributed by atoms with E-state index in [9.17, 15) is 23.3 Å². The van der Waals surface area contributed by atoms with Crippen molar-refractivity contribution in [1.82, 2.24) is 5.32 Å². The molecule has 1 atom stereocenters. The number of ether oxygens (including phenoxy) is 1. The first-order valence-electron chi connectivity index (χ1n) is 9.47. The molecule has 9 nitrogen and oxygen atoms in total. The van der Waals surface area contributed by atoms with E-state index in [2.05, 4.69) is 5.32 Å². The van der Waals surface area contributed by atoms with E-state index in [1.54, 1.807) is 6.92 Å². The molecule has 0 aromatic heterocycles. The quantitative estimate of drug-likeness (QED) is 0.451. The van der Waals surface area contributed by atoms with E-state index in [1.165, 1.54) is 19.2 Å². The number of amides is 1. The molecule has 0 aliphatic rings. The van der Waals surface area contributed by atoms with Gasteiger partial charge in [0, 0.05) is 18.2 Å². The third-order valence-corrected chi connectivity index (χ3v) is 5.85. The number of hydrogen-bond donors (Lipinski definition) is 1. The number of methoxy groups -OCH3 is 1. The van der Waals surface area contributed by atoms with Gasteiger partial charge in [-0.1, -0.05) is 34.6 Å². The van der Waals surface area contributed by atoms with Gasteiger partial charge < -0.3 is 10.1 Å². The average molecular weight is 430 g/mol. The van der Waals surface area contributed by atoms with Gasteiger partial charge in [0.1, 0.15) is 17.5 Å². The molecule has 1 aromatic rings. The molecule has 1 N–H and O–H groups in total. The Morgan fingerprint density at radius 1 is 1.24 bits per heavy atom. The number of nitrogens with one attached hydrogen (secondary N) is 1. The summed E-state index contributed by atoms with van der Waals surface area (Å²) in [5, 5.41) is 14.2. The van der Waals surface area contributed by atoms with E-state index in [0.29, 0.717) is 0 Å². The SMILES string of the molecule is CC[C@@H](C(=O)NC(C(C)C)C(C)C)N(c1cc([N+](=O)[O-])ccc1OC)S(C)(=O)=O. The smallest absolute Gasteiger partial charge is 0.271 e. The zero-order chi connectivity index (χ0) is 22.5. The highest BCUT2D eigenvalue weighted by molar-refractivity contribution is 7.92. The van der Waals surface area contributed by atoms with Gasteiger partial charge in [-0.3, -0.25) is 19.2 Å². The highest BCUT2D eigenvalue weighted by Gasteiger charge is 2.35. The van der Waals surface area contributed by atoms with Gasteiger partial charge in [0.15, 0.2) is 0 Å². The number of benzene rings is 1. The second kappa shape index (κ2) is 9.91. The molecule has 1 aromatic carbocycles. The van der Waals surface area contributed by atoms with Crippen molar-refractivity contribution in [3.8, 4) is 5.75 Å². The van der Waals surface area contributed by atoms with Crippen molar-refractivity contribution in [3.63, 3.8) is 0 Å². The van der Waals surface area contributed by atoms with Crippen LogP contribution in [0.4, 0.5) is 11.4 Å². The largest absolute Gasteiger partial charge is 0.495 e. The van der Waals surface area contributed by atoms with Crippen molar-refractivity contribution < 1.29 is 22.9 Å². The fourth-order valence-electron chi connectivity index (χ4n) is 3.36. The number of nitro benzene ring substituents is 1. The van der Waals surface area contributed by atoms with E-state index in [-0.39, 0.29) is 41.4 Å². The van der Waals surface area contributed by atoms with Crippen LogP contribution < -0.4 is 14.4 Å². The van der Waals surface area contributed by atoms with Crippen LogP contribution in [0.25, 0.3) is 0 Å². The van der Waals surface area contributed by atoms with E-state index in [0.717, 1.165) is 16.6 Å². The second-order valence-corrected chi connectivity index (χ2v) is 9.48. The fraction of sp³-hybridized carbons (Fsp3) is 0.632. The van der Waals surface area contributed by atoms with Crippen LogP contribution in [0.2, 0.25) is 0 Å². The average Bonchev–Trinajstić information content (AvgIpc) is 2.61. The Hall–Kier alpha value is -2.36. The lowest BCUT2D eigenvalue weighted by Crippen LogP contribution is -2.53. The zero-order valence-corrected chi connectivity index (χ0v) is 18.8.